The quantitative estimate of drug-likeness (QED) is 0.854. The maximum absolute atomic E-state index is 13.6. The first-order chi connectivity index (χ1) is 9.35. The minimum Gasteiger partial charge on any atom is -0.396 e. The van der Waals surface area contributed by atoms with Crippen molar-refractivity contribution in [2.45, 2.75) is 44.4 Å². The number of rotatable bonds is 2. The maximum atomic E-state index is 13.6. The van der Waals surface area contributed by atoms with Gasteiger partial charge in [0.15, 0.2) is 0 Å². The summed E-state index contributed by atoms with van der Waals surface area (Å²) < 4.78 is 40.7. The fourth-order valence-corrected chi connectivity index (χ4v) is 4.70. The molecule has 0 aliphatic carbocycles. The largest absolute Gasteiger partial charge is 0.396 e. The molecule has 0 unspecified atom stereocenters. The number of benzene rings is 1. The molecule has 0 aromatic heterocycles. The van der Waals surface area contributed by atoms with E-state index in [0.29, 0.717) is 24.2 Å². The number of aryl methyl sites for hydroxylation is 1. The lowest BCUT2D eigenvalue weighted by Gasteiger charge is -2.23. The summed E-state index contributed by atoms with van der Waals surface area (Å²) in [7, 11) is -3.60. The first kappa shape index (κ1) is 15.3. The van der Waals surface area contributed by atoms with Crippen molar-refractivity contribution in [2.24, 2.45) is 0 Å². The summed E-state index contributed by atoms with van der Waals surface area (Å²) in [4.78, 5) is 0.165. The molecule has 112 valence electrons. The lowest BCUT2D eigenvalue weighted by molar-refractivity contribution is 0.423. The molecule has 20 heavy (non-hydrogen) atoms. The van der Waals surface area contributed by atoms with E-state index in [0.717, 1.165) is 25.7 Å². The minimum atomic E-state index is -3.60. The molecule has 0 radical (unpaired) electrons. The van der Waals surface area contributed by atoms with Crippen molar-refractivity contribution in [3.05, 3.63) is 23.0 Å². The minimum absolute atomic E-state index is 0.0796. The summed E-state index contributed by atoms with van der Waals surface area (Å²) in [5, 5.41) is 0. The molecular formula is C14H21FN2O2S. The van der Waals surface area contributed by atoms with Crippen molar-refractivity contribution >= 4 is 15.7 Å². The second-order valence-corrected chi connectivity index (χ2v) is 7.24. The molecule has 2 rings (SSSR count). The van der Waals surface area contributed by atoms with Gasteiger partial charge in [-0.05, 0) is 43.9 Å². The topological polar surface area (TPSA) is 63.4 Å². The highest BCUT2D eigenvalue weighted by molar-refractivity contribution is 7.89. The van der Waals surface area contributed by atoms with Crippen molar-refractivity contribution in [2.75, 3.05) is 18.8 Å². The summed E-state index contributed by atoms with van der Waals surface area (Å²) in [5.41, 5.74) is 6.30. The van der Waals surface area contributed by atoms with Crippen LogP contribution in [-0.4, -0.2) is 25.8 Å². The molecule has 0 amide bonds. The predicted molar refractivity (Wildman–Crippen MR) is 77.5 cm³/mol. The first-order valence-corrected chi connectivity index (χ1v) is 8.35. The average molecular weight is 300 g/mol. The molecule has 1 aliphatic rings. The molecule has 0 atom stereocenters. The zero-order chi connectivity index (χ0) is 14.9. The molecule has 1 aliphatic heterocycles. The Bertz CT molecular complexity index is 606. The van der Waals surface area contributed by atoms with Crippen molar-refractivity contribution in [3.8, 4) is 0 Å². The molecule has 1 aromatic rings. The fourth-order valence-electron chi connectivity index (χ4n) is 2.74. The Morgan fingerprint density at radius 3 is 2.25 bits per heavy atom. The molecule has 2 N–H and O–H groups in total. The number of nitrogens with two attached hydrogens (primary N) is 1. The van der Waals surface area contributed by atoms with E-state index >= 15 is 0 Å². The van der Waals surface area contributed by atoms with Crippen molar-refractivity contribution in [1.82, 2.24) is 4.31 Å². The van der Waals surface area contributed by atoms with Crippen LogP contribution in [0.3, 0.4) is 0 Å². The predicted octanol–water partition coefficient (Wildman–Crippen LogP) is 2.59. The molecule has 1 saturated heterocycles. The highest BCUT2D eigenvalue weighted by Gasteiger charge is 2.29. The van der Waals surface area contributed by atoms with E-state index in [1.807, 2.05) is 0 Å². The smallest absolute Gasteiger partial charge is 0.243 e. The Balaban J connectivity index is 2.51. The van der Waals surface area contributed by atoms with Crippen LogP contribution in [0.15, 0.2) is 11.0 Å². The lowest BCUT2D eigenvalue weighted by atomic mass is 10.1. The van der Waals surface area contributed by atoms with Gasteiger partial charge in [0, 0.05) is 13.1 Å². The number of halogens is 1. The van der Waals surface area contributed by atoms with E-state index in [9.17, 15) is 12.8 Å². The monoisotopic (exact) mass is 300 g/mol. The molecule has 4 nitrogen and oxygen atoms in total. The summed E-state index contributed by atoms with van der Waals surface area (Å²) >= 11 is 0. The number of hydrogen-bond donors (Lipinski definition) is 1. The average Bonchev–Trinajstić information content (AvgIpc) is 2.65. The van der Waals surface area contributed by atoms with Gasteiger partial charge in [-0.2, -0.15) is 4.31 Å². The third-order valence-electron chi connectivity index (χ3n) is 3.87. The summed E-state index contributed by atoms with van der Waals surface area (Å²) in [5.74, 6) is -0.560. The van der Waals surface area contributed by atoms with Gasteiger partial charge >= 0.3 is 0 Å². The Kier molecular flexibility index (Phi) is 4.34. The molecule has 1 fully saturated rings. The van der Waals surface area contributed by atoms with Gasteiger partial charge in [-0.15, -0.1) is 0 Å². The van der Waals surface area contributed by atoms with Gasteiger partial charge in [-0.25, -0.2) is 12.8 Å². The third kappa shape index (κ3) is 2.67. The van der Waals surface area contributed by atoms with Gasteiger partial charge in [-0.1, -0.05) is 12.8 Å². The standard InChI is InChI=1S/C14H21FN2O2S/c1-10-9-12(15)13(16)11(2)14(10)20(18,19)17-7-5-3-4-6-8-17/h9H,3-8,16H2,1-2H3. The molecule has 0 bridgehead atoms. The molecule has 0 saturated carbocycles. The first-order valence-electron chi connectivity index (χ1n) is 6.91. The van der Waals surface area contributed by atoms with Gasteiger partial charge < -0.3 is 5.73 Å². The molecular weight excluding hydrogens is 279 g/mol. The van der Waals surface area contributed by atoms with Crippen LogP contribution in [0.2, 0.25) is 0 Å². The van der Waals surface area contributed by atoms with Crippen LogP contribution in [0.1, 0.15) is 36.8 Å². The number of sulfonamides is 1. The number of nitrogen functional groups attached to an aromatic ring is 1. The molecule has 1 heterocycles. The van der Waals surface area contributed by atoms with Gasteiger partial charge in [0.1, 0.15) is 5.82 Å². The van der Waals surface area contributed by atoms with Crippen molar-refractivity contribution < 1.29 is 12.8 Å². The van der Waals surface area contributed by atoms with Gasteiger partial charge in [0.25, 0.3) is 0 Å². The number of hydrogen-bond acceptors (Lipinski definition) is 3. The van der Waals surface area contributed by atoms with E-state index in [4.69, 9.17) is 5.73 Å². The summed E-state index contributed by atoms with van der Waals surface area (Å²) in [6.45, 7) is 4.23. The van der Waals surface area contributed by atoms with Crippen LogP contribution in [0.4, 0.5) is 10.1 Å². The fraction of sp³-hybridized carbons (Fsp3) is 0.571. The highest BCUT2D eigenvalue weighted by atomic mass is 32.2. The van der Waals surface area contributed by atoms with E-state index in [1.54, 1.807) is 13.8 Å². The van der Waals surface area contributed by atoms with E-state index in [-0.39, 0.29) is 10.6 Å². The van der Waals surface area contributed by atoms with Gasteiger partial charge in [0.05, 0.1) is 10.6 Å². The Morgan fingerprint density at radius 2 is 1.70 bits per heavy atom. The van der Waals surface area contributed by atoms with Crippen LogP contribution in [-0.2, 0) is 10.0 Å². The van der Waals surface area contributed by atoms with E-state index in [2.05, 4.69) is 0 Å². The summed E-state index contributed by atoms with van der Waals surface area (Å²) in [6.07, 6.45) is 3.84. The Morgan fingerprint density at radius 1 is 1.15 bits per heavy atom. The van der Waals surface area contributed by atoms with Crippen molar-refractivity contribution in [3.63, 3.8) is 0 Å². The van der Waals surface area contributed by atoms with Gasteiger partial charge in [0.2, 0.25) is 10.0 Å². The highest BCUT2D eigenvalue weighted by Crippen LogP contribution is 2.30. The zero-order valence-electron chi connectivity index (χ0n) is 11.9. The molecule has 6 heteroatoms. The number of anilines is 1. The molecule has 1 aromatic carbocycles. The maximum Gasteiger partial charge on any atom is 0.243 e. The SMILES string of the molecule is Cc1cc(F)c(N)c(C)c1S(=O)(=O)N1CCCCCC1. The van der Waals surface area contributed by atoms with E-state index < -0.39 is 15.8 Å². The van der Waals surface area contributed by atoms with Gasteiger partial charge in [-0.3, -0.25) is 0 Å². The normalized spacial score (nSPS) is 17.9. The van der Waals surface area contributed by atoms with Crippen LogP contribution in [0.25, 0.3) is 0 Å². The van der Waals surface area contributed by atoms with Crippen LogP contribution >= 0.6 is 0 Å². The van der Waals surface area contributed by atoms with Crippen LogP contribution in [0.5, 0.6) is 0 Å². The van der Waals surface area contributed by atoms with Crippen LogP contribution < -0.4 is 5.73 Å². The van der Waals surface area contributed by atoms with Crippen molar-refractivity contribution in [1.29, 1.82) is 0 Å². The second-order valence-electron chi connectivity index (χ2n) is 5.36. The Hall–Kier alpha value is -1.14. The molecule has 0 spiro atoms. The number of nitrogens with zero attached hydrogens (tertiary/aromatic N) is 1. The lowest BCUT2D eigenvalue weighted by Crippen LogP contribution is -2.33. The third-order valence-corrected chi connectivity index (χ3v) is 6.06. The summed E-state index contributed by atoms with van der Waals surface area (Å²) in [6, 6.07) is 1.20. The zero-order valence-corrected chi connectivity index (χ0v) is 12.8. The van der Waals surface area contributed by atoms with Crippen LogP contribution in [0, 0.1) is 19.7 Å². The Labute approximate surface area is 119 Å². The van der Waals surface area contributed by atoms with E-state index in [1.165, 1.54) is 10.4 Å². The second kappa shape index (κ2) is 5.69.